The molecule has 0 atom stereocenters. The lowest BCUT2D eigenvalue weighted by molar-refractivity contribution is 0.111. The van der Waals surface area contributed by atoms with Crippen LogP contribution in [-0.2, 0) is 0 Å². The number of carbonyl (C=O) groups is 1. The van der Waals surface area contributed by atoms with Crippen molar-refractivity contribution in [3.8, 4) is 0 Å². The zero-order valence-electron chi connectivity index (χ0n) is 29.6. The number of nitrogens with zero attached hydrogens (tertiary/aromatic N) is 2. The summed E-state index contributed by atoms with van der Waals surface area (Å²) >= 11 is 0. The molecule has 0 saturated carbocycles. The third-order valence-corrected chi connectivity index (χ3v) is 8.54. The number of para-hydroxylation sites is 4. The molecule has 2 N–H and O–H groups in total. The molecular formula is C42H32F10N4O. The minimum atomic E-state index is -2.28. The first kappa shape index (κ1) is 41.6. The summed E-state index contributed by atoms with van der Waals surface area (Å²) in [7, 11) is 0. The normalized spacial score (nSPS) is 12.3. The number of hydrogen-bond donors (Lipinski definition) is 2. The van der Waals surface area contributed by atoms with E-state index in [-0.39, 0.29) is 0 Å². The van der Waals surface area contributed by atoms with Crippen molar-refractivity contribution in [2.24, 2.45) is 0 Å². The summed E-state index contributed by atoms with van der Waals surface area (Å²) in [5.74, 6) is -20.4. The minimum absolute atomic E-state index is 0.350. The molecule has 0 aliphatic carbocycles. The lowest BCUT2D eigenvalue weighted by Crippen LogP contribution is -2.33. The van der Waals surface area contributed by atoms with Gasteiger partial charge in [0.15, 0.2) is 52.8 Å². The Kier molecular flexibility index (Phi) is 14.2. The predicted molar refractivity (Wildman–Crippen MR) is 198 cm³/mol. The van der Waals surface area contributed by atoms with Gasteiger partial charge in [-0.3, -0.25) is 4.79 Å². The molecule has 1 heterocycles. The van der Waals surface area contributed by atoms with Gasteiger partial charge in [0.2, 0.25) is 11.6 Å². The van der Waals surface area contributed by atoms with E-state index >= 15 is 0 Å². The number of halogens is 10. The highest BCUT2D eigenvalue weighted by Gasteiger charge is 2.40. The van der Waals surface area contributed by atoms with Gasteiger partial charge >= 0.3 is 0 Å². The Bertz CT molecular complexity index is 2110. The van der Waals surface area contributed by atoms with Gasteiger partial charge in [-0.2, -0.15) is 0 Å². The number of rotatable bonds is 9. The quantitative estimate of drug-likeness (QED) is 0.0502. The predicted octanol–water partition coefficient (Wildman–Crippen LogP) is 10.8. The Morgan fingerprint density at radius 3 is 1.07 bits per heavy atom. The first-order chi connectivity index (χ1) is 27.5. The maximum absolute atomic E-state index is 14.7. The number of benzene rings is 6. The lowest BCUT2D eigenvalue weighted by Gasteiger charge is -2.33. The molecule has 1 aliphatic rings. The molecule has 1 saturated heterocycles. The fraction of sp³-hybridized carbons (Fsp3) is 0.119. The maximum Gasteiger partial charge on any atom is 0.200 e. The van der Waals surface area contributed by atoms with Crippen LogP contribution >= 0.6 is 0 Å². The summed E-state index contributed by atoms with van der Waals surface area (Å²) in [4.78, 5) is 13.2. The third kappa shape index (κ3) is 9.66. The molecule has 5 nitrogen and oxygen atoms in total. The van der Waals surface area contributed by atoms with E-state index in [1.165, 1.54) is 0 Å². The van der Waals surface area contributed by atoms with Gasteiger partial charge in [0, 0.05) is 48.9 Å². The molecule has 296 valence electrons. The van der Waals surface area contributed by atoms with Crippen molar-refractivity contribution >= 4 is 29.0 Å². The number of aldehydes is 1. The highest BCUT2D eigenvalue weighted by Crippen LogP contribution is 2.41. The van der Waals surface area contributed by atoms with Crippen molar-refractivity contribution in [1.82, 2.24) is 0 Å². The van der Waals surface area contributed by atoms with E-state index in [1.807, 2.05) is 36.4 Å². The van der Waals surface area contributed by atoms with Crippen LogP contribution in [0.2, 0.25) is 0 Å². The van der Waals surface area contributed by atoms with Crippen LogP contribution < -0.4 is 20.4 Å². The summed E-state index contributed by atoms with van der Waals surface area (Å²) in [6, 6.07) is 37.9. The maximum atomic E-state index is 14.7. The van der Waals surface area contributed by atoms with Crippen LogP contribution in [0.5, 0.6) is 0 Å². The van der Waals surface area contributed by atoms with Crippen molar-refractivity contribution in [2.75, 3.05) is 46.6 Å². The Hall–Kier alpha value is -6.51. The largest absolute Gasteiger partial charge is 0.383 e. The topological polar surface area (TPSA) is 47.6 Å². The molecule has 0 bridgehead atoms. The number of hydrogen-bond acceptors (Lipinski definition) is 5. The van der Waals surface area contributed by atoms with Gasteiger partial charge < -0.3 is 20.4 Å². The van der Waals surface area contributed by atoms with Crippen LogP contribution in [0, 0.1) is 58.2 Å². The Labute approximate surface area is 320 Å². The van der Waals surface area contributed by atoms with Crippen LogP contribution in [0.15, 0.2) is 121 Å². The van der Waals surface area contributed by atoms with E-state index in [0.29, 0.717) is 24.5 Å². The molecule has 57 heavy (non-hydrogen) atoms. The van der Waals surface area contributed by atoms with Gasteiger partial charge in [-0.05, 0) is 48.5 Å². The SMILES string of the molecule is Fc1c(F)c(F)c(C2N(c3ccccc3)CCN2c2ccccc2)c(F)c1F.O=Cc1c(F)c(F)c(F)c(F)c1F.c1ccc(NCCNc2ccccc2)cc1. The van der Waals surface area contributed by atoms with Crippen molar-refractivity contribution < 1.29 is 48.7 Å². The first-order valence-electron chi connectivity index (χ1n) is 17.1. The van der Waals surface area contributed by atoms with Crippen LogP contribution in [0.4, 0.5) is 66.7 Å². The summed E-state index contributed by atoms with van der Waals surface area (Å²) in [5.41, 5.74) is 1.25. The summed E-state index contributed by atoms with van der Waals surface area (Å²) in [6.45, 7) is 2.53. The van der Waals surface area contributed by atoms with E-state index in [4.69, 9.17) is 0 Å². The second-order valence-corrected chi connectivity index (χ2v) is 12.1. The van der Waals surface area contributed by atoms with Crippen molar-refractivity contribution in [1.29, 1.82) is 0 Å². The van der Waals surface area contributed by atoms with Crippen LogP contribution in [0.3, 0.4) is 0 Å². The second kappa shape index (κ2) is 19.4. The molecule has 1 fully saturated rings. The zero-order chi connectivity index (χ0) is 41.1. The molecule has 0 aromatic heterocycles. The van der Waals surface area contributed by atoms with E-state index in [1.54, 1.807) is 70.5 Å². The van der Waals surface area contributed by atoms with Gasteiger partial charge in [-0.25, -0.2) is 43.9 Å². The number of nitrogens with one attached hydrogen (secondary N) is 2. The highest BCUT2D eigenvalue weighted by molar-refractivity contribution is 5.75. The molecule has 15 heteroatoms. The highest BCUT2D eigenvalue weighted by atomic mass is 19.2. The van der Waals surface area contributed by atoms with Gasteiger partial charge in [-0.15, -0.1) is 0 Å². The fourth-order valence-corrected chi connectivity index (χ4v) is 5.82. The molecule has 6 aromatic carbocycles. The third-order valence-electron chi connectivity index (χ3n) is 8.54. The number of carbonyl (C=O) groups excluding carboxylic acids is 1. The second-order valence-electron chi connectivity index (χ2n) is 12.1. The van der Waals surface area contributed by atoms with Crippen LogP contribution in [0.25, 0.3) is 0 Å². The molecule has 6 aromatic rings. The van der Waals surface area contributed by atoms with E-state index < -0.39 is 81.8 Å². The average Bonchev–Trinajstić information content (AvgIpc) is 3.69. The van der Waals surface area contributed by atoms with Crippen molar-refractivity contribution in [2.45, 2.75) is 6.17 Å². The number of anilines is 4. The first-order valence-corrected chi connectivity index (χ1v) is 17.1. The zero-order valence-corrected chi connectivity index (χ0v) is 29.6. The Morgan fingerprint density at radius 2 is 0.737 bits per heavy atom. The lowest BCUT2D eigenvalue weighted by atomic mass is 10.1. The van der Waals surface area contributed by atoms with E-state index in [0.717, 1.165) is 24.5 Å². The van der Waals surface area contributed by atoms with E-state index in [2.05, 4.69) is 34.9 Å². The van der Waals surface area contributed by atoms with Gasteiger partial charge in [0.1, 0.15) is 6.17 Å². The molecule has 0 spiro atoms. The smallest absolute Gasteiger partial charge is 0.200 e. The summed E-state index contributed by atoms with van der Waals surface area (Å²) in [6.07, 6.45) is -1.62. The molecular weight excluding hydrogens is 766 g/mol. The summed E-state index contributed by atoms with van der Waals surface area (Å²) in [5, 5.41) is 6.70. The monoisotopic (exact) mass is 798 g/mol. The Morgan fingerprint density at radius 1 is 0.439 bits per heavy atom. The molecule has 7 rings (SSSR count). The van der Waals surface area contributed by atoms with Crippen LogP contribution in [-0.4, -0.2) is 32.5 Å². The van der Waals surface area contributed by atoms with Crippen LogP contribution in [0.1, 0.15) is 22.1 Å². The molecule has 1 aliphatic heterocycles. The van der Waals surface area contributed by atoms with Gasteiger partial charge in [-0.1, -0.05) is 72.8 Å². The molecule has 0 unspecified atom stereocenters. The molecule has 0 radical (unpaired) electrons. The van der Waals surface area contributed by atoms with Crippen molar-refractivity contribution in [3.63, 3.8) is 0 Å². The fourth-order valence-electron chi connectivity index (χ4n) is 5.82. The van der Waals surface area contributed by atoms with Gasteiger partial charge in [0.25, 0.3) is 0 Å². The van der Waals surface area contributed by atoms with E-state index in [9.17, 15) is 48.7 Å². The van der Waals surface area contributed by atoms with Crippen molar-refractivity contribution in [3.05, 3.63) is 191 Å². The molecule has 0 amide bonds. The standard InChI is InChI=1S/C21H15F5N2.C14H16N2.C7HF5O/c22-16-15(17(23)19(25)20(26)18(16)24)21-27(13-7-3-1-4-8-13)11-12-28(21)14-9-5-2-6-10-14;1-3-7-13(8-4-1)15-11-12-16-14-9-5-2-6-10-14;8-3-2(1-13)4(9)6(11)7(12)5(3)10/h1-10,21H,11-12H2;1-10,15-16H,11-12H2;1H. The average molecular weight is 799 g/mol. The minimum Gasteiger partial charge on any atom is -0.383 e. The summed E-state index contributed by atoms with van der Waals surface area (Å²) < 4.78 is 132. The van der Waals surface area contributed by atoms with Gasteiger partial charge in [0.05, 0.1) is 11.1 Å². The Balaban J connectivity index is 0.000000181.